The van der Waals surface area contributed by atoms with Crippen molar-refractivity contribution in [2.45, 2.75) is 58.0 Å². The average molecular weight is 558 g/mol. The third-order valence-corrected chi connectivity index (χ3v) is 7.93. The molecular weight excluding hydrogens is 523 g/mol. The van der Waals surface area contributed by atoms with Gasteiger partial charge in [-0.25, -0.2) is 0 Å². The highest BCUT2D eigenvalue weighted by Crippen LogP contribution is 2.25. The zero-order valence-electron chi connectivity index (χ0n) is 21.5. The predicted molar refractivity (Wildman–Crippen MR) is 156 cm³/mol. The lowest BCUT2D eigenvalue weighted by Crippen LogP contribution is -2.52. The minimum Gasteiger partial charge on any atom is -0.352 e. The number of hydrogen-bond donors (Lipinski definition) is 1. The van der Waals surface area contributed by atoms with Gasteiger partial charge in [0.05, 0.1) is 5.75 Å². The van der Waals surface area contributed by atoms with E-state index >= 15 is 0 Å². The summed E-state index contributed by atoms with van der Waals surface area (Å²) in [6.07, 6.45) is 1.20. The van der Waals surface area contributed by atoms with E-state index in [0.717, 1.165) is 23.3 Å². The molecule has 0 unspecified atom stereocenters. The largest absolute Gasteiger partial charge is 0.352 e. The molecule has 0 aromatic heterocycles. The maximum atomic E-state index is 13.7. The highest BCUT2D eigenvalue weighted by molar-refractivity contribution is 7.99. The first-order valence-corrected chi connectivity index (χ1v) is 14.4. The number of thioether (sulfide) groups is 1. The third kappa shape index (κ3) is 8.80. The van der Waals surface area contributed by atoms with Gasteiger partial charge in [0, 0.05) is 34.8 Å². The van der Waals surface area contributed by atoms with Gasteiger partial charge in [0.1, 0.15) is 6.04 Å². The van der Waals surface area contributed by atoms with E-state index in [1.165, 1.54) is 11.1 Å². The Balaban J connectivity index is 1.89. The molecule has 3 aromatic carbocycles. The van der Waals surface area contributed by atoms with Gasteiger partial charge in [-0.3, -0.25) is 9.59 Å². The van der Waals surface area contributed by atoms with Crippen molar-refractivity contribution in [2.24, 2.45) is 0 Å². The van der Waals surface area contributed by atoms with Gasteiger partial charge in [0.2, 0.25) is 11.8 Å². The van der Waals surface area contributed by atoms with Crippen LogP contribution in [0.4, 0.5) is 0 Å². The Kier molecular flexibility index (Phi) is 11.4. The average Bonchev–Trinajstić information content (AvgIpc) is 2.88. The lowest BCUT2D eigenvalue weighted by Gasteiger charge is -2.32. The standard InChI is InChI=1S/C30H34Cl2N2O2S/c1-4-22(3)33-30(36)28(16-23-11-6-5-7-12-23)34(18-24-14-15-26(31)17-27(24)32)29(35)20-37-19-25-13-9-8-10-21(25)2/h5-15,17,22,28H,4,16,18-20H2,1-3H3,(H,33,36)/t22-,28+/m1/s1. The Morgan fingerprint density at radius 3 is 2.35 bits per heavy atom. The second kappa shape index (κ2) is 14.5. The molecule has 0 saturated heterocycles. The fourth-order valence-electron chi connectivity index (χ4n) is 3.93. The van der Waals surface area contributed by atoms with Gasteiger partial charge < -0.3 is 10.2 Å². The Morgan fingerprint density at radius 1 is 0.973 bits per heavy atom. The first-order chi connectivity index (χ1) is 17.8. The van der Waals surface area contributed by atoms with E-state index in [0.29, 0.717) is 16.5 Å². The number of amides is 2. The summed E-state index contributed by atoms with van der Waals surface area (Å²) in [6, 6.07) is 22.5. The highest BCUT2D eigenvalue weighted by atomic mass is 35.5. The molecular formula is C30H34Cl2N2O2S. The van der Waals surface area contributed by atoms with Crippen molar-refractivity contribution < 1.29 is 9.59 Å². The van der Waals surface area contributed by atoms with E-state index in [2.05, 4.69) is 24.4 Å². The number of rotatable bonds is 12. The topological polar surface area (TPSA) is 49.4 Å². The summed E-state index contributed by atoms with van der Waals surface area (Å²) in [5.41, 5.74) is 4.13. The first-order valence-electron chi connectivity index (χ1n) is 12.5. The van der Waals surface area contributed by atoms with Crippen molar-refractivity contribution in [3.05, 3.63) is 105 Å². The summed E-state index contributed by atoms with van der Waals surface area (Å²) in [6.45, 7) is 6.28. The number of hydrogen-bond acceptors (Lipinski definition) is 3. The Hall–Kier alpha value is -2.47. The molecule has 2 atom stereocenters. The molecule has 2 amide bonds. The van der Waals surface area contributed by atoms with E-state index in [4.69, 9.17) is 23.2 Å². The second-order valence-corrected chi connectivity index (χ2v) is 11.0. The van der Waals surface area contributed by atoms with E-state index in [-0.39, 0.29) is 30.2 Å². The van der Waals surface area contributed by atoms with Crippen molar-refractivity contribution >= 4 is 46.8 Å². The molecule has 3 aromatic rings. The molecule has 0 fully saturated rings. The fraction of sp³-hybridized carbons (Fsp3) is 0.333. The lowest BCUT2D eigenvalue weighted by atomic mass is 10.0. The van der Waals surface area contributed by atoms with Gasteiger partial charge in [0.15, 0.2) is 0 Å². The van der Waals surface area contributed by atoms with Crippen molar-refractivity contribution in [1.29, 1.82) is 0 Å². The predicted octanol–water partition coefficient (Wildman–Crippen LogP) is 7.09. The number of nitrogens with zero attached hydrogens (tertiary/aromatic N) is 1. The number of aryl methyl sites for hydroxylation is 1. The van der Waals surface area contributed by atoms with Gasteiger partial charge in [0.25, 0.3) is 0 Å². The normalized spacial score (nSPS) is 12.6. The van der Waals surface area contributed by atoms with Crippen LogP contribution in [0, 0.1) is 6.92 Å². The third-order valence-electron chi connectivity index (χ3n) is 6.37. The summed E-state index contributed by atoms with van der Waals surface area (Å²) in [4.78, 5) is 29.0. The van der Waals surface area contributed by atoms with Crippen molar-refractivity contribution in [3.8, 4) is 0 Å². The molecule has 0 aliphatic carbocycles. The number of carbonyl (C=O) groups is 2. The monoisotopic (exact) mass is 556 g/mol. The molecule has 0 aliphatic rings. The smallest absolute Gasteiger partial charge is 0.243 e. The zero-order valence-corrected chi connectivity index (χ0v) is 23.9. The number of nitrogens with one attached hydrogen (secondary N) is 1. The van der Waals surface area contributed by atoms with E-state index in [9.17, 15) is 9.59 Å². The van der Waals surface area contributed by atoms with Crippen LogP contribution in [0.3, 0.4) is 0 Å². The fourth-order valence-corrected chi connectivity index (χ4v) is 5.39. The Morgan fingerprint density at radius 2 is 1.68 bits per heavy atom. The van der Waals surface area contributed by atoms with Gasteiger partial charge in [-0.05, 0) is 54.7 Å². The van der Waals surface area contributed by atoms with Crippen molar-refractivity contribution in [1.82, 2.24) is 10.2 Å². The SMILES string of the molecule is CC[C@@H](C)NC(=O)[C@H](Cc1ccccc1)N(Cc1ccc(Cl)cc1Cl)C(=O)CSCc1ccccc1C. The summed E-state index contributed by atoms with van der Waals surface area (Å²) in [7, 11) is 0. The number of halogens is 2. The molecule has 0 radical (unpaired) electrons. The lowest BCUT2D eigenvalue weighted by molar-refractivity contribution is -0.139. The van der Waals surface area contributed by atoms with Crippen LogP contribution < -0.4 is 5.32 Å². The summed E-state index contributed by atoms with van der Waals surface area (Å²) < 4.78 is 0. The van der Waals surface area contributed by atoms with Crippen molar-refractivity contribution in [2.75, 3.05) is 5.75 Å². The quantitative estimate of drug-likeness (QED) is 0.259. The van der Waals surface area contributed by atoms with E-state index < -0.39 is 6.04 Å². The van der Waals surface area contributed by atoms with Crippen LogP contribution in [0.5, 0.6) is 0 Å². The van der Waals surface area contributed by atoms with Crippen molar-refractivity contribution in [3.63, 3.8) is 0 Å². The molecule has 0 saturated carbocycles. The van der Waals surface area contributed by atoms with E-state index in [1.54, 1.807) is 28.8 Å². The van der Waals surface area contributed by atoms with Crippen LogP contribution in [-0.2, 0) is 28.3 Å². The molecule has 1 N–H and O–H groups in total. The van der Waals surface area contributed by atoms with Crippen LogP contribution in [-0.4, -0.2) is 34.6 Å². The van der Waals surface area contributed by atoms with Crippen LogP contribution in [0.1, 0.15) is 42.5 Å². The Labute approximate surface area is 234 Å². The zero-order chi connectivity index (χ0) is 26.8. The summed E-state index contributed by atoms with van der Waals surface area (Å²) >= 11 is 14.2. The maximum Gasteiger partial charge on any atom is 0.243 e. The molecule has 0 bridgehead atoms. The minimum atomic E-state index is -0.685. The molecule has 37 heavy (non-hydrogen) atoms. The minimum absolute atomic E-state index is 0.00252. The Bertz CT molecular complexity index is 1190. The summed E-state index contributed by atoms with van der Waals surface area (Å²) in [5, 5.41) is 4.09. The molecule has 196 valence electrons. The van der Waals surface area contributed by atoms with Crippen LogP contribution in [0.25, 0.3) is 0 Å². The molecule has 4 nitrogen and oxygen atoms in total. The van der Waals surface area contributed by atoms with E-state index in [1.807, 2.05) is 62.4 Å². The van der Waals surface area contributed by atoms with Gasteiger partial charge >= 0.3 is 0 Å². The number of benzene rings is 3. The van der Waals surface area contributed by atoms with Crippen LogP contribution in [0.2, 0.25) is 10.0 Å². The molecule has 0 heterocycles. The van der Waals surface area contributed by atoms with Gasteiger partial charge in [-0.1, -0.05) is 90.8 Å². The molecule has 0 spiro atoms. The number of carbonyl (C=O) groups excluding carboxylic acids is 2. The van der Waals surface area contributed by atoms with Crippen LogP contribution >= 0.6 is 35.0 Å². The maximum absolute atomic E-state index is 13.7. The molecule has 7 heteroatoms. The van der Waals surface area contributed by atoms with Gasteiger partial charge in [-0.15, -0.1) is 11.8 Å². The van der Waals surface area contributed by atoms with Gasteiger partial charge in [-0.2, -0.15) is 0 Å². The van der Waals surface area contributed by atoms with Crippen LogP contribution in [0.15, 0.2) is 72.8 Å². The highest BCUT2D eigenvalue weighted by Gasteiger charge is 2.31. The molecule has 0 aliphatic heterocycles. The molecule has 3 rings (SSSR count). The second-order valence-electron chi connectivity index (χ2n) is 9.20. The summed E-state index contributed by atoms with van der Waals surface area (Å²) in [5.74, 6) is 0.697. The first kappa shape index (κ1) is 29.1.